The van der Waals surface area contributed by atoms with E-state index in [4.69, 9.17) is 8.92 Å². The van der Waals surface area contributed by atoms with Gasteiger partial charge in [-0.2, -0.15) is 13.4 Å². The molecule has 12 heteroatoms. The van der Waals surface area contributed by atoms with Gasteiger partial charge in [0.2, 0.25) is 6.23 Å². The molecule has 3 rings (SSSR count). The quantitative estimate of drug-likeness (QED) is 0.453. The van der Waals surface area contributed by atoms with Crippen molar-refractivity contribution < 1.29 is 30.9 Å². The molecule has 1 unspecified atom stereocenters. The zero-order valence-corrected chi connectivity index (χ0v) is 18.7. The van der Waals surface area contributed by atoms with Crippen LogP contribution in [0.4, 0.5) is 14.6 Å². The number of nitrogens with zero attached hydrogens (tertiary/aromatic N) is 2. The van der Waals surface area contributed by atoms with Gasteiger partial charge in [-0.3, -0.25) is 13.5 Å². The van der Waals surface area contributed by atoms with Crippen LogP contribution in [0.1, 0.15) is 29.9 Å². The molecule has 178 valence electrons. The largest absolute Gasteiger partial charge is 0.351 e. The second-order valence-electron chi connectivity index (χ2n) is 7.60. The molecule has 33 heavy (non-hydrogen) atoms. The van der Waals surface area contributed by atoms with Crippen LogP contribution in [0.15, 0.2) is 60.0 Å². The van der Waals surface area contributed by atoms with E-state index in [-0.39, 0.29) is 12.2 Å². The second-order valence-corrected chi connectivity index (χ2v) is 9.20. The maximum absolute atomic E-state index is 15.1. The van der Waals surface area contributed by atoms with Crippen LogP contribution < -0.4 is 11.0 Å². The van der Waals surface area contributed by atoms with E-state index in [1.54, 1.807) is 30.3 Å². The summed E-state index contributed by atoms with van der Waals surface area (Å²) < 4.78 is 64.3. The zero-order valence-electron chi connectivity index (χ0n) is 17.9. The highest BCUT2D eigenvalue weighted by Gasteiger charge is 2.60. The van der Waals surface area contributed by atoms with E-state index in [9.17, 15) is 18.0 Å². The van der Waals surface area contributed by atoms with Gasteiger partial charge in [-0.1, -0.05) is 31.2 Å². The molecule has 2 heterocycles. The first-order valence-electron chi connectivity index (χ1n) is 9.92. The molecular weight excluding hydrogens is 460 g/mol. The van der Waals surface area contributed by atoms with Gasteiger partial charge in [-0.05, 0) is 24.6 Å². The smallest absolute Gasteiger partial charge is 0.345 e. The Hall–Kier alpha value is -2.96. The Bertz CT molecular complexity index is 1190. The Kier molecular flexibility index (Phi) is 7.10. The predicted octanol–water partition coefficient (Wildman–Crippen LogP) is 2.59. The Morgan fingerprint density at radius 1 is 1.36 bits per heavy atom. The minimum Gasteiger partial charge on any atom is -0.345 e. The Balaban J connectivity index is 1.85. The molecule has 4 atom stereocenters. The summed E-state index contributed by atoms with van der Waals surface area (Å²) in [6, 6.07) is 9.35. The molecular formula is C21H23F2N3O6S. The standard InChI is InChI=1S/C21H23F2N3O6S/c1-4-8-15(32-33(3,29)30)17-13(2)21(22,23)19(31-17)26-12-11-16(25-20(26)28)24-18(27)14-9-6-5-7-10-14/h4-7,9-13,15,17,19H,1,8H2,2-3H3,(H,24,25,27,28)/t13-,15?,17+,19-/m1/s1. The average Bonchev–Trinajstić information content (AvgIpc) is 2.97. The number of rotatable bonds is 8. The van der Waals surface area contributed by atoms with Crippen molar-refractivity contribution in [2.45, 2.75) is 37.7 Å². The lowest BCUT2D eigenvalue weighted by molar-refractivity contribution is -0.129. The molecule has 0 aliphatic carbocycles. The summed E-state index contributed by atoms with van der Waals surface area (Å²) in [6.45, 7) is 4.67. The molecule has 0 saturated carbocycles. The summed E-state index contributed by atoms with van der Waals surface area (Å²) in [5.74, 6) is -5.69. The minimum atomic E-state index is -3.97. The van der Waals surface area contributed by atoms with Gasteiger partial charge in [0.1, 0.15) is 11.9 Å². The Morgan fingerprint density at radius 3 is 2.61 bits per heavy atom. The highest BCUT2D eigenvalue weighted by atomic mass is 32.2. The van der Waals surface area contributed by atoms with E-state index in [2.05, 4.69) is 16.9 Å². The number of hydrogen-bond donors (Lipinski definition) is 1. The number of carbonyl (C=O) groups excluding carboxylic acids is 1. The summed E-state index contributed by atoms with van der Waals surface area (Å²) in [6.07, 6.45) is -1.55. The van der Waals surface area contributed by atoms with Crippen LogP contribution >= 0.6 is 0 Å². The van der Waals surface area contributed by atoms with Gasteiger partial charge >= 0.3 is 5.69 Å². The lowest BCUT2D eigenvalue weighted by atomic mass is 9.94. The molecule has 1 aromatic heterocycles. The molecule has 1 aromatic carbocycles. The van der Waals surface area contributed by atoms with Gasteiger partial charge in [0.25, 0.3) is 21.9 Å². The first-order chi connectivity index (χ1) is 15.4. The third kappa shape index (κ3) is 5.52. The van der Waals surface area contributed by atoms with Gasteiger partial charge in [0.15, 0.2) is 0 Å². The molecule has 1 aliphatic heterocycles. The van der Waals surface area contributed by atoms with Crippen molar-refractivity contribution in [1.82, 2.24) is 9.55 Å². The number of carbonyl (C=O) groups is 1. The fraction of sp³-hybridized carbons (Fsp3) is 0.381. The average molecular weight is 483 g/mol. The molecule has 9 nitrogen and oxygen atoms in total. The van der Waals surface area contributed by atoms with Crippen molar-refractivity contribution in [3.63, 3.8) is 0 Å². The highest BCUT2D eigenvalue weighted by molar-refractivity contribution is 7.86. The van der Waals surface area contributed by atoms with E-state index in [1.807, 2.05) is 0 Å². The Labute approximate surface area is 189 Å². The number of ether oxygens (including phenoxy) is 1. The number of benzene rings is 1. The SMILES string of the molecule is C=CCC(OS(C)(=O)=O)[C@H]1O[C@@H](n2ccc(NC(=O)c3ccccc3)nc2=O)C(F)(F)[C@@H]1C. The number of aromatic nitrogens is 2. The maximum atomic E-state index is 15.1. The van der Waals surface area contributed by atoms with Crippen LogP contribution in [-0.4, -0.2) is 48.3 Å². The molecule has 1 fully saturated rings. The summed E-state index contributed by atoms with van der Waals surface area (Å²) in [5, 5.41) is 2.43. The first kappa shape index (κ1) is 24.7. The number of hydrogen-bond acceptors (Lipinski definition) is 7. The van der Waals surface area contributed by atoms with Gasteiger partial charge in [-0.15, -0.1) is 6.58 Å². The van der Waals surface area contributed by atoms with E-state index < -0.39 is 52.0 Å². The number of halogens is 2. The second kappa shape index (κ2) is 9.49. The molecule has 1 aliphatic rings. The topological polar surface area (TPSA) is 117 Å². The van der Waals surface area contributed by atoms with Crippen molar-refractivity contribution in [1.29, 1.82) is 0 Å². The van der Waals surface area contributed by atoms with Crippen molar-refractivity contribution in [2.75, 3.05) is 11.6 Å². The van der Waals surface area contributed by atoms with E-state index in [0.717, 1.165) is 12.5 Å². The third-order valence-electron chi connectivity index (χ3n) is 5.14. The van der Waals surface area contributed by atoms with Crippen molar-refractivity contribution in [3.05, 3.63) is 71.3 Å². The fourth-order valence-electron chi connectivity index (χ4n) is 3.52. The number of amides is 1. The first-order valence-corrected chi connectivity index (χ1v) is 11.7. The lowest BCUT2D eigenvalue weighted by Crippen LogP contribution is -2.39. The van der Waals surface area contributed by atoms with Crippen LogP contribution in [0, 0.1) is 5.92 Å². The molecule has 0 spiro atoms. The van der Waals surface area contributed by atoms with Crippen LogP contribution in [0.5, 0.6) is 0 Å². The molecule has 0 radical (unpaired) electrons. The highest BCUT2D eigenvalue weighted by Crippen LogP contribution is 2.48. The lowest BCUT2D eigenvalue weighted by Gasteiger charge is -2.24. The van der Waals surface area contributed by atoms with Crippen LogP contribution in [0.25, 0.3) is 0 Å². The third-order valence-corrected chi connectivity index (χ3v) is 5.74. The minimum absolute atomic E-state index is 0.0670. The van der Waals surface area contributed by atoms with Gasteiger partial charge < -0.3 is 10.1 Å². The normalized spacial score (nSPS) is 23.1. The van der Waals surface area contributed by atoms with Crippen molar-refractivity contribution in [2.24, 2.45) is 5.92 Å². The molecule has 2 aromatic rings. The molecule has 1 N–H and O–H groups in total. The summed E-state index contributed by atoms with van der Waals surface area (Å²) in [4.78, 5) is 28.4. The maximum Gasteiger partial charge on any atom is 0.351 e. The van der Waals surface area contributed by atoms with E-state index in [0.29, 0.717) is 10.1 Å². The molecule has 1 saturated heterocycles. The number of anilines is 1. The summed E-state index contributed by atoms with van der Waals surface area (Å²) >= 11 is 0. The fourth-order valence-corrected chi connectivity index (χ4v) is 4.15. The Morgan fingerprint density at radius 2 is 2.03 bits per heavy atom. The summed E-state index contributed by atoms with van der Waals surface area (Å²) in [7, 11) is -3.97. The zero-order chi connectivity index (χ0) is 24.4. The van der Waals surface area contributed by atoms with E-state index >= 15 is 8.78 Å². The number of nitrogens with one attached hydrogen (secondary N) is 1. The van der Waals surface area contributed by atoms with Crippen LogP contribution in [0.2, 0.25) is 0 Å². The van der Waals surface area contributed by atoms with Crippen molar-refractivity contribution >= 4 is 21.8 Å². The van der Waals surface area contributed by atoms with Crippen LogP contribution in [0.3, 0.4) is 0 Å². The van der Waals surface area contributed by atoms with Gasteiger partial charge in [0, 0.05) is 11.8 Å². The molecule has 0 bridgehead atoms. The van der Waals surface area contributed by atoms with Crippen molar-refractivity contribution in [3.8, 4) is 0 Å². The van der Waals surface area contributed by atoms with Gasteiger partial charge in [-0.25, -0.2) is 13.6 Å². The van der Waals surface area contributed by atoms with Gasteiger partial charge in [0.05, 0.1) is 18.3 Å². The predicted molar refractivity (Wildman–Crippen MR) is 115 cm³/mol. The molecule has 1 amide bonds. The number of alkyl halides is 2. The summed E-state index contributed by atoms with van der Waals surface area (Å²) in [5.41, 5.74) is -0.757. The van der Waals surface area contributed by atoms with Crippen LogP contribution in [-0.2, 0) is 19.0 Å². The van der Waals surface area contributed by atoms with E-state index in [1.165, 1.54) is 19.1 Å². The monoisotopic (exact) mass is 483 g/mol.